The van der Waals surface area contributed by atoms with Crippen LogP contribution >= 0.6 is 0 Å². The SMILES string of the molecule is CCN1C(=O)C[C@@H](CNC(=O)CCc2ccccc2)[C@@H]1c1nccn1C. The highest BCUT2D eigenvalue weighted by Gasteiger charge is 2.41. The van der Waals surface area contributed by atoms with E-state index in [1.807, 2.05) is 60.0 Å². The van der Waals surface area contributed by atoms with E-state index < -0.39 is 0 Å². The number of nitrogens with zero attached hydrogens (tertiary/aromatic N) is 3. The Morgan fingerprint density at radius 2 is 2.08 bits per heavy atom. The second-order valence-corrected chi connectivity index (χ2v) is 6.77. The number of hydrogen-bond donors (Lipinski definition) is 1. The number of carbonyl (C=O) groups excluding carboxylic acids is 2. The minimum atomic E-state index is -0.0816. The van der Waals surface area contributed by atoms with Crippen molar-refractivity contribution in [2.45, 2.75) is 32.2 Å². The van der Waals surface area contributed by atoms with Crippen LogP contribution in [0.1, 0.15) is 37.2 Å². The molecule has 0 unspecified atom stereocenters. The van der Waals surface area contributed by atoms with Crippen molar-refractivity contribution in [1.82, 2.24) is 19.8 Å². The molecule has 1 saturated heterocycles. The molecular formula is C20H26N4O2. The van der Waals surface area contributed by atoms with E-state index in [0.29, 0.717) is 25.9 Å². The quantitative estimate of drug-likeness (QED) is 0.828. The first-order valence-corrected chi connectivity index (χ1v) is 9.17. The molecule has 6 heteroatoms. The number of aryl methyl sites for hydroxylation is 2. The van der Waals surface area contributed by atoms with Crippen LogP contribution in [0.4, 0.5) is 0 Å². The number of nitrogens with one attached hydrogen (secondary N) is 1. The lowest BCUT2D eigenvalue weighted by Crippen LogP contribution is -2.35. The molecule has 2 amide bonds. The summed E-state index contributed by atoms with van der Waals surface area (Å²) in [4.78, 5) is 30.9. The van der Waals surface area contributed by atoms with Crippen molar-refractivity contribution in [1.29, 1.82) is 0 Å². The lowest BCUT2D eigenvalue weighted by atomic mass is 9.99. The third kappa shape index (κ3) is 3.95. The maximum Gasteiger partial charge on any atom is 0.223 e. The van der Waals surface area contributed by atoms with Gasteiger partial charge in [-0.3, -0.25) is 9.59 Å². The first kappa shape index (κ1) is 18.2. The number of rotatable bonds is 7. The predicted molar refractivity (Wildman–Crippen MR) is 99.2 cm³/mol. The van der Waals surface area contributed by atoms with E-state index in [2.05, 4.69) is 10.3 Å². The molecule has 0 saturated carbocycles. The van der Waals surface area contributed by atoms with Gasteiger partial charge in [-0.1, -0.05) is 30.3 Å². The second-order valence-electron chi connectivity index (χ2n) is 6.77. The van der Waals surface area contributed by atoms with Gasteiger partial charge in [0, 0.05) is 51.3 Å². The molecule has 1 aliphatic rings. The predicted octanol–water partition coefficient (Wildman–Crippen LogP) is 2.08. The number of amides is 2. The molecule has 1 N–H and O–H groups in total. The van der Waals surface area contributed by atoms with E-state index >= 15 is 0 Å². The van der Waals surface area contributed by atoms with Gasteiger partial charge in [-0.15, -0.1) is 0 Å². The van der Waals surface area contributed by atoms with Crippen molar-refractivity contribution in [3.05, 3.63) is 54.1 Å². The van der Waals surface area contributed by atoms with E-state index in [9.17, 15) is 9.59 Å². The fourth-order valence-electron chi connectivity index (χ4n) is 3.67. The van der Waals surface area contributed by atoms with Crippen LogP contribution in [0.3, 0.4) is 0 Å². The standard InChI is InChI=1S/C20H26N4O2/c1-3-24-18(26)13-16(19(24)20-21-11-12-23(20)2)14-22-17(25)10-9-15-7-5-4-6-8-15/h4-8,11-12,16,19H,3,9-10,13-14H2,1-2H3,(H,22,25)/t16-,19+/m0/s1. The van der Waals surface area contributed by atoms with Gasteiger partial charge < -0.3 is 14.8 Å². The van der Waals surface area contributed by atoms with Crippen LogP contribution in [-0.2, 0) is 23.1 Å². The van der Waals surface area contributed by atoms with Crippen LogP contribution in [0.25, 0.3) is 0 Å². The van der Waals surface area contributed by atoms with Gasteiger partial charge >= 0.3 is 0 Å². The van der Waals surface area contributed by atoms with Crippen LogP contribution in [-0.4, -0.2) is 39.4 Å². The van der Waals surface area contributed by atoms with E-state index in [1.54, 1.807) is 6.20 Å². The molecule has 0 spiro atoms. The summed E-state index contributed by atoms with van der Waals surface area (Å²) in [5.41, 5.74) is 1.15. The molecule has 0 bridgehead atoms. The summed E-state index contributed by atoms with van der Waals surface area (Å²) in [6.45, 7) is 3.12. The first-order chi connectivity index (χ1) is 12.6. The van der Waals surface area contributed by atoms with Crippen molar-refractivity contribution in [2.75, 3.05) is 13.1 Å². The number of aromatic nitrogens is 2. The molecule has 138 valence electrons. The Balaban J connectivity index is 1.59. The van der Waals surface area contributed by atoms with Gasteiger partial charge in [0.2, 0.25) is 11.8 Å². The summed E-state index contributed by atoms with van der Waals surface area (Å²) in [6.07, 6.45) is 5.27. The van der Waals surface area contributed by atoms with Crippen LogP contribution in [0, 0.1) is 5.92 Å². The Labute approximate surface area is 154 Å². The normalized spacial score (nSPS) is 19.8. The summed E-state index contributed by atoms with van der Waals surface area (Å²) in [6, 6.07) is 9.90. The van der Waals surface area contributed by atoms with Crippen LogP contribution in [0.5, 0.6) is 0 Å². The van der Waals surface area contributed by atoms with Crippen molar-refractivity contribution in [2.24, 2.45) is 13.0 Å². The van der Waals surface area contributed by atoms with Crippen LogP contribution in [0.15, 0.2) is 42.7 Å². The van der Waals surface area contributed by atoms with Crippen LogP contribution < -0.4 is 5.32 Å². The number of hydrogen-bond acceptors (Lipinski definition) is 3. The largest absolute Gasteiger partial charge is 0.356 e. The Morgan fingerprint density at radius 3 is 2.73 bits per heavy atom. The molecule has 2 heterocycles. The minimum Gasteiger partial charge on any atom is -0.356 e. The number of likely N-dealkylation sites (tertiary alicyclic amines) is 1. The van der Waals surface area contributed by atoms with E-state index in [-0.39, 0.29) is 23.8 Å². The lowest BCUT2D eigenvalue weighted by Gasteiger charge is -2.27. The van der Waals surface area contributed by atoms with Crippen molar-refractivity contribution >= 4 is 11.8 Å². The van der Waals surface area contributed by atoms with Crippen LogP contribution in [0.2, 0.25) is 0 Å². The van der Waals surface area contributed by atoms with Crippen molar-refractivity contribution in [3.8, 4) is 0 Å². The van der Waals surface area contributed by atoms with Crippen molar-refractivity contribution in [3.63, 3.8) is 0 Å². The Hall–Kier alpha value is -2.63. The summed E-state index contributed by atoms with van der Waals surface area (Å²) >= 11 is 0. The minimum absolute atomic E-state index is 0.0230. The van der Waals surface area contributed by atoms with Gasteiger partial charge in [-0.05, 0) is 18.9 Å². The lowest BCUT2D eigenvalue weighted by molar-refractivity contribution is -0.129. The molecule has 1 fully saturated rings. The number of imidazole rings is 1. The molecule has 1 aromatic carbocycles. The molecule has 3 rings (SSSR count). The van der Waals surface area contributed by atoms with E-state index in [0.717, 1.165) is 17.8 Å². The van der Waals surface area contributed by atoms with Gasteiger partial charge in [0.15, 0.2) is 0 Å². The number of carbonyl (C=O) groups is 2. The molecule has 1 aromatic heterocycles. The second kappa shape index (κ2) is 8.17. The maximum absolute atomic E-state index is 12.4. The number of benzene rings is 1. The molecule has 0 radical (unpaired) electrons. The fourth-order valence-corrected chi connectivity index (χ4v) is 3.67. The molecule has 1 aliphatic heterocycles. The van der Waals surface area contributed by atoms with E-state index in [1.165, 1.54) is 0 Å². The van der Waals surface area contributed by atoms with Crippen molar-refractivity contribution < 1.29 is 9.59 Å². The highest BCUT2D eigenvalue weighted by atomic mass is 16.2. The molecule has 6 nitrogen and oxygen atoms in total. The monoisotopic (exact) mass is 354 g/mol. The van der Waals surface area contributed by atoms with Gasteiger partial charge in [-0.25, -0.2) is 4.98 Å². The van der Waals surface area contributed by atoms with Gasteiger partial charge in [0.1, 0.15) is 5.82 Å². The van der Waals surface area contributed by atoms with Gasteiger partial charge in [-0.2, -0.15) is 0 Å². The highest BCUT2D eigenvalue weighted by Crippen LogP contribution is 2.36. The average molecular weight is 354 g/mol. The molecule has 0 aliphatic carbocycles. The topological polar surface area (TPSA) is 67.2 Å². The summed E-state index contributed by atoms with van der Waals surface area (Å²) in [5.74, 6) is 1.07. The Morgan fingerprint density at radius 1 is 1.31 bits per heavy atom. The zero-order valence-electron chi connectivity index (χ0n) is 15.4. The molecule has 2 atom stereocenters. The third-order valence-electron chi connectivity index (χ3n) is 5.05. The fraction of sp³-hybridized carbons (Fsp3) is 0.450. The Kier molecular flexibility index (Phi) is 5.71. The van der Waals surface area contributed by atoms with Gasteiger partial charge in [0.05, 0.1) is 6.04 Å². The average Bonchev–Trinajstić information content (AvgIpc) is 3.20. The summed E-state index contributed by atoms with van der Waals surface area (Å²) in [7, 11) is 1.94. The molecule has 2 aromatic rings. The molecular weight excluding hydrogens is 328 g/mol. The summed E-state index contributed by atoms with van der Waals surface area (Å²) < 4.78 is 1.95. The highest BCUT2D eigenvalue weighted by molar-refractivity contribution is 5.80. The molecule has 26 heavy (non-hydrogen) atoms. The zero-order chi connectivity index (χ0) is 18.5. The van der Waals surface area contributed by atoms with E-state index in [4.69, 9.17) is 0 Å². The smallest absolute Gasteiger partial charge is 0.223 e. The maximum atomic E-state index is 12.4. The third-order valence-corrected chi connectivity index (χ3v) is 5.05. The zero-order valence-corrected chi connectivity index (χ0v) is 15.4. The first-order valence-electron chi connectivity index (χ1n) is 9.17. The summed E-state index contributed by atoms with van der Waals surface area (Å²) in [5, 5.41) is 3.02. The Bertz CT molecular complexity index is 756. The van der Waals surface area contributed by atoms with Gasteiger partial charge in [0.25, 0.3) is 0 Å².